The van der Waals surface area contributed by atoms with Gasteiger partial charge in [0.15, 0.2) is 0 Å². The molecule has 0 rings (SSSR count). The van der Waals surface area contributed by atoms with Gasteiger partial charge in [0.25, 0.3) is 0 Å². The van der Waals surface area contributed by atoms with Crippen LogP contribution in [0.5, 0.6) is 0 Å². The van der Waals surface area contributed by atoms with Gasteiger partial charge < -0.3 is 10.6 Å². The minimum Gasteiger partial charge on any atom is -0.342 e. The van der Waals surface area contributed by atoms with Gasteiger partial charge in [-0.3, -0.25) is 4.79 Å². The third-order valence-electron chi connectivity index (χ3n) is 3.06. The molecule has 0 aliphatic carbocycles. The van der Waals surface area contributed by atoms with E-state index < -0.39 is 0 Å². The Kier molecular flexibility index (Phi) is 7.56. The molecule has 0 radical (unpaired) electrons. The van der Waals surface area contributed by atoms with E-state index in [2.05, 4.69) is 19.9 Å². The van der Waals surface area contributed by atoms with Crippen molar-refractivity contribution < 1.29 is 4.79 Å². The molecule has 2 N–H and O–H groups in total. The van der Waals surface area contributed by atoms with Gasteiger partial charge in [-0.05, 0) is 31.7 Å². The average Bonchev–Trinajstić information content (AvgIpc) is 2.27. The Morgan fingerprint density at radius 2 is 2.06 bits per heavy atom. The third-order valence-corrected chi connectivity index (χ3v) is 3.06. The zero-order valence-electron chi connectivity index (χ0n) is 11.3. The molecule has 0 aliphatic heterocycles. The fourth-order valence-corrected chi connectivity index (χ4v) is 1.76. The van der Waals surface area contributed by atoms with Crippen LogP contribution in [0.1, 0.15) is 46.5 Å². The number of hydrogen-bond donors (Lipinski definition) is 1. The maximum absolute atomic E-state index is 11.9. The summed E-state index contributed by atoms with van der Waals surface area (Å²) in [6.07, 6.45) is 2.74. The number of nitrogens with two attached hydrogens (primary N) is 1. The Morgan fingerprint density at radius 1 is 1.41 bits per heavy atom. The van der Waals surface area contributed by atoms with Gasteiger partial charge in [-0.25, -0.2) is 0 Å². The fraction of sp³-hybridized carbons (Fsp3) is 0.846. The summed E-state index contributed by atoms with van der Waals surface area (Å²) in [6, 6.07) is 2.07. The smallest absolute Gasteiger partial charge is 0.222 e. The Morgan fingerprint density at radius 3 is 2.53 bits per heavy atom. The summed E-state index contributed by atoms with van der Waals surface area (Å²) in [6.45, 7) is 8.10. The minimum absolute atomic E-state index is 0.124. The summed E-state index contributed by atoms with van der Waals surface area (Å²) in [4.78, 5) is 13.7. The van der Waals surface area contributed by atoms with E-state index in [1.54, 1.807) is 4.90 Å². The van der Waals surface area contributed by atoms with Crippen LogP contribution in [0.15, 0.2) is 0 Å². The van der Waals surface area contributed by atoms with Crippen molar-refractivity contribution in [2.24, 2.45) is 11.1 Å². The molecule has 17 heavy (non-hydrogen) atoms. The number of nitriles is 1. The Balaban J connectivity index is 4.10. The van der Waals surface area contributed by atoms with E-state index in [4.69, 9.17) is 11.0 Å². The van der Waals surface area contributed by atoms with Crippen LogP contribution in [0.4, 0.5) is 0 Å². The maximum Gasteiger partial charge on any atom is 0.222 e. The van der Waals surface area contributed by atoms with Gasteiger partial charge in [0.2, 0.25) is 5.91 Å². The van der Waals surface area contributed by atoms with Crippen molar-refractivity contribution in [2.45, 2.75) is 46.5 Å². The quantitative estimate of drug-likeness (QED) is 0.703. The molecule has 0 aliphatic rings. The van der Waals surface area contributed by atoms with Gasteiger partial charge in [0, 0.05) is 19.5 Å². The molecule has 0 saturated heterocycles. The van der Waals surface area contributed by atoms with Gasteiger partial charge in [-0.15, -0.1) is 0 Å². The molecule has 0 aromatic carbocycles. The Bertz CT molecular complexity index is 268. The maximum atomic E-state index is 11.9. The lowest BCUT2D eigenvalue weighted by atomic mass is 9.84. The van der Waals surface area contributed by atoms with Crippen molar-refractivity contribution in [3.63, 3.8) is 0 Å². The lowest BCUT2D eigenvalue weighted by Gasteiger charge is -2.26. The van der Waals surface area contributed by atoms with Crippen LogP contribution in [0.25, 0.3) is 0 Å². The van der Waals surface area contributed by atoms with E-state index in [-0.39, 0.29) is 11.3 Å². The highest BCUT2D eigenvalue weighted by molar-refractivity contribution is 5.76. The highest BCUT2D eigenvalue weighted by Gasteiger charge is 2.20. The van der Waals surface area contributed by atoms with E-state index in [0.717, 1.165) is 12.8 Å². The van der Waals surface area contributed by atoms with E-state index in [0.29, 0.717) is 32.5 Å². The molecule has 0 fully saturated rings. The van der Waals surface area contributed by atoms with E-state index in [1.807, 2.05) is 6.92 Å². The first kappa shape index (κ1) is 15.9. The van der Waals surface area contributed by atoms with Crippen molar-refractivity contribution in [1.82, 2.24) is 4.90 Å². The van der Waals surface area contributed by atoms with Crippen LogP contribution in [-0.2, 0) is 4.79 Å². The summed E-state index contributed by atoms with van der Waals surface area (Å²) in [5.74, 6) is 0.146. The Hall–Kier alpha value is -1.08. The summed E-state index contributed by atoms with van der Waals surface area (Å²) < 4.78 is 0. The molecule has 0 aromatic heterocycles. The topological polar surface area (TPSA) is 70.1 Å². The van der Waals surface area contributed by atoms with Crippen LogP contribution in [0, 0.1) is 16.7 Å². The summed E-state index contributed by atoms with van der Waals surface area (Å²) in [5, 5.41) is 8.52. The second-order valence-electron chi connectivity index (χ2n) is 5.08. The molecular weight excluding hydrogens is 214 g/mol. The fourth-order valence-electron chi connectivity index (χ4n) is 1.76. The molecule has 98 valence electrons. The summed E-state index contributed by atoms with van der Waals surface area (Å²) in [7, 11) is 0. The molecule has 0 saturated carbocycles. The highest BCUT2D eigenvalue weighted by atomic mass is 16.2. The normalized spacial score (nSPS) is 11.0. The molecule has 0 bridgehead atoms. The predicted octanol–water partition coefficient (Wildman–Crippen LogP) is 1.90. The third kappa shape index (κ3) is 6.96. The van der Waals surface area contributed by atoms with Crippen LogP contribution in [-0.4, -0.2) is 30.4 Å². The van der Waals surface area contributed by atoms with Crippen molar-refractivity contribution in [3.8, 4) is 6.07 Å². The van der Waals surface area contributed by atoms with Gasteiger partial charge in [0.1, 0.15) is 0 Å². The molecule has 4 heteroatoms. The van der Waals surface area contributed by atoms with Gasteiger partial charge in [0.05, 0.1) is 12.5 Å². The molecule has 4 nitrogen and oxygen atoms in total. The minimum atomic E-state index is 0.124. The van der Waals surface area contributed by atoms with Gasteiger partial charge in [-0.1, -0.05) is 13.8 Å². The predicted molar refractivity (Wildman–Crippen MR) is 69.2 cm³/mol. The van der Waals surface area contributed by atoms with Crippen LogP contribution >= 0.6 is 0 Å². The summed E-state index contributed by atoms with van der Waals surface area (Å²) in [5.41, 5.74) is 5.67. The Labute approximate surface area is 105 Å². The van der Waals surface area contributed by atoms with Crippen LogP contribution in [0.2, 0.25) is 0 Å². The zero-order chi connectivity index (χ0) is 13.3. The largest absolute Gasteiger partial charge is 0.342 e. The first-order chi connectivity index (χ1) is 7.96. The lowest BCUT2D eigenvalue weighted by molar-refractivity contribution is -0.131. The molecular formula is C13H25N3O. The van der Waals surface area contributed by atoms with Crippen molar-refractivity contribution in [3.05, 3.63) is 0 Å². The summed E-state index contributed by atoms with van der Waals surface area (Å²) >= 11 is 0. The van der Waals surface area contributed by atoms with Crippen LogP contribution in [0.3, 0.4) is 0 Å². The first-order valence-electron chi connectivity index (χ1n) is 6.31. The SMILES string of the molecule is CCN(CCC#N)C(=O)CCC(C)(C)CCN. The molecule has 0 spiro atoms. The lowest BCUT2D eigenvalue weighted by Crippen LogP contribution is -2.32. The average molecular weight is 239 g/mol. The molecule has 0 atom stereocenters. The standard InChI is InChI=1S/C13H25N3O/c1-4-16(11-5-9-14)12(17)6-7-13(2,3)8-10-15/h4-8,10-11,15H2,1-3H3. The number of carbonyl (C=O) groups is 1. The monoisotopic (exact) mass is 239 g/mol. The van der Waals surface area contributed by atoms with Crippen LogP contribution < -0.4 is 5.73 Å². The van der Waals surface area contributed by atoms with Crippen molar-refractivity contribution in [2.75, 3.05) is 19.6 Å². The van der Waals surface area contributed by atoms with E-state index in [1.165, 1.54) is 0 Å². The number of carbonyl (C=O) groups excluding carboxylic acids is 1. The van der Waals surface area contributed by atoms with E-state index in [9.17, 15) is 4.79 Å². The van der Waals surface area contributed by atoms with Crippen molar-refractivity contribution in [1.29, 1.82) is 5.26 Å². The van der Waals surface area contributed by atoms with Crippen molar-refractivity contribution >= 4 is 5.91 Å². The second-order valence-corrected chi connectivity index (χ2v) is 5.08. The first-order valence-corrected chi connectivity index (χ1v) is 6.31. The number of nitrogens with zero attached hydrogens (tertiary/aromatic N) is 2. The number of amides is 1. The zero-order valence-corrected chi connectivity index (χ0v) is 11.3. The second kappa shape index (κ2) is 8.08. The number of rotatable bonds is 8. The number of hydrogen-bond acceptors (Lipinski definition) is 3. The molecule has 1 amide bonds. The molecule has 0 unspecified atom stereocenters. The van der Waals surface area contributed by atoms with Gasteiger partial charge in [-0.2, -0.15) is 5.26 Å². The van der Waals surface area contributed by atoms with E-state index >= 15 is 0 Å². The van der Waals surface area contributed by atoms with Gasteiger partial charge >= 0.3 is 0 Å². The molecule has 0 aromatic rings. The highest BCUT2D eigenvalue weighted by Crippen LogP contribution is 2.26. The molecule has 0 heterocycles.